The van der Waals surface area contributed by atoms with Crippen molar-refractivity contribution in [1.29, 1.82) is 0 Å². The molecule has 1 fully saturated rings. The Hall–Kier alpha value is -2.34. The second kappa shape index (κ2) is 11.2. The molecule has 3 rings (SSSR count). The molecule has 164 valence electrons. The van der Waals surface area contributed by atoms with Gasteiger partial charge in [0.05, 0.1) is 5.69 Å². The molecule has 1 saturated heterocycles. The molecular weight excluding hydrogens is 374 g/mol. The molecule has 6 heteroatoms. The van der Waals surface area contributed by atoms with Crippen LogP contribution >= 0.6 is 0 Å². The molecule has 0 radical (unpaired) electrons. The summed E-state index contributed by atoms with van der Waals surface area (Å²) in [6.07, 6.45) is 3.11. The third-order valence-electron chi connectivity index (χ3n) is 5.99. The van der Waals surface area contributed by atoms with E-state index in [1.165, 1.54) is 11.1 Å². The quantitative estimate of drug-likeness (QED) is 0.405. The average molecular weight is 412 g/mol. The number of nitrogens with zero attached hydrogens (tertiary/aromatic N) is 4. The van der Waals surface area contributed by atoms with Crippen LogP contribution < -0.4 is 5.32 Å². The highest BCUT2D eigenvalue weighted by atomic mass is 16.5. The highest BCUT2D eigenvalue weighted by Gasteiger charge is 2.25. The summed E-state index contributed by atoms with van der Waals surface area (Å²) >= 11 is 0. The first-order valence-electron chi connectivity index (χ1n) is 11.4. The van der Waals surface area contributed by atoms with Crippen LogP contribution in [-0.2, 0) is 6.42 Å². The fourth-order valence-corrected chi connectivity index (χ4v) is 4.35. The lowest BCUT2D eigenvalue weighted by molar-refractivity contribution is 0.127. The number of rotatable bonds is 8. The molecule has 0 aliphatic carbocycles. The first-order valence-corrected chi connectivity index (χ1v) is 11.4. The molecule has 1 unspecified atom stereocenters. The fraction of sp³-hybridized carbons (Fsp3) is 0.583. The lowest BCUT2D eigenvalue weighted by atomic mass is 10.0. The highest BCUT2D eigenvalue weighted by Crippen LogP contribution is 2.25. The minimum absolute atomic E-state index is 0.503. The van der Waals surface area contributed by atoms with Crippen molar-refractivity contribution < 1.29 is 4.52 Å². The predicted molar refractivity (Wildman–Crippen MR) is 123 cm³/mol. The largest absolute Gasteiger partial charge is 0.361 e. The first kappa shape index (κ1) is 22.3. The van der Waals surface area contributed by atoms with Crippen molar-refractivity contribution >= 4 is 5.96 Å². The van der Waals surface area contributed by atoms with Crippen molar-refractivity contribution in [2.24, 2.45) is 4.99 Å². The fourth-order valence-electron chi connectivity index (χ4n) is 4.35. The zero-order valence-corrected chi connectivity index (χ0v) is 19.0. The van der Waals surface area contributed by atoms with Crippen LogP contribution in [0.3, 0.4) is 0 Å². The SMILES string of the molecule is CCNC(=NCCCc1c(C)noc1C)N1CCN(C(CC)c2ccccc2)CC1. The number of aryl methyl sites for hydroxylation is 2. The summed E-state index contributed by atoms with van der Waals surface area (Å²) in [7, 11) is 0. The van der Waals surface area contributed by atoms with Crippen molar-refractivity contribution in [1.82, 2.24) is 20.3 Å². The molecule has 1 N–H and O–H groups in total. The summed E-state index contributed by atoms with van der Waals surface area (Å²) in [5.41, 5.74) is 3.66. The minimum atomic E-state index is 0.503. The molecule has 0 spiro atoms. The summed E-state index contributed by atoms with van der Waals surface area (Å²) in [5.74, 6) is 1.98. The third kappa shape index (κ3) is 5.63. The number of benzene rings is 1. The second-order valence-corrected chi connectivity index (χ2v) is 8.00. The Morgan fingerprint density at radius 1 is 1.13 bits per heavy atom. The van der Waals surface area contributed by atoms with E-state index in [9.17, 15) is 0 Å². The van der Waals surface area contributed by atoms with Gasteiger partial charge in [-0.25, -0.2) is 0 Å². The molecule has 30 heavy (non-hydrogen) atoms. The second-order valence-electron chi connectivity index (χ2n) is 8.00. The Morgan fingerprint density at radius 3 is 2.47 bits per heavy atom. The molecular formula is C24H37N5O. The van der Waals surface area contributed by atoms with Crippen LogP contribution in [0.2, 0.25) is 0 Å². The standard InChI is InChI=1S/C24H37N5O/c1-5-23(21-11-8-7-9-12-21)28-15-17-29(18-16-28)24(25-6-2)26-14-10-13-22-19(3)27-30-20(22)4/h7-9,11-12,23H,5-6,10,13-18H2,1-4H3,(H,25,26). The van der Waals surface area contributed by atoms with E-state index in [0.29, 0.717) is 6.04 Å². The van der Waals surface area contributed by atoms with E-state index in [4.69, 9.17) is 9.52 Å². The average Bonchev–Trinajstić information content (AvgIpc) is 3.10. The molecule has 1 aliphatic heterocycles. The van der Waals surface area contributed by atoms with Crippen LogP contribution in [-0.4, -0.2) is 60.2 Å². The van der Waals surface area contributed by atoms with Gasteiger partial charge < -0.3 is 14.7 Å². The van der Waals surface area contributed by atoms with Gasteiger partial charge in [-0.3, -0.25) is 9.89 Å². The zero-order valence-electron chi connectivity index (χ0n) is 19.0. The molecule has 1 aromatic carbocycles. The van der Waals surface area contributed by atoms with Crippen LogP contribution in [0, 0.1) is 13.8 Å². The normalized spacial score (nSPS) is 16.7. The van der Waals surface area contributed by atoms with Gasteiger partial charge in [0.2, 0.25) is 0 Å². The summed E-state index contributed by atoms with van der Waals surface area (Å²) < 4.78 is 5.27. The van der Waals surface area contributed by atoms with Crippen LogP contribution in [0.4, 0.5) is 0 Å². The van der Waals surface area contributed by atoms with Crippen molar-refractivity contribution in [2.75, 3.05) is 39.3 Å². The summed E-state index contributed by atoms with van der Waals surface area (Å²) in [6.45, 7) is 14.3. The lowest BCUT2D eigenvalue weighted by Gasteiger charge is -2.40. The van der Waals surface area contributed by atoms with E-state index in [2.05, 4.69) is 64.5 Å². The maximum absolute atomic E-state index is 5.27. The Balaban J connectivity index is 1.53. The summed E-state index contributed by atoms with van der Waals surface area (Å²) in [5, 5.41) is 7.53. The van der Waals surface area contributed by atoms with E-state index >= 15 is 0 Å². The van der Waals surface area contributed by atoms with Gasteiger partial charge in [-0.05, 0) is 45.6 Å². The number of hydrogen-bond donors (Lipinski definition) is 1. The molecule has 6 nitrogen and oxygen atoms in total. The maximum atomic E-state index is 5.27. The maximum Gasteiger partial charge on any atom is 0.194 e. The van der Waals surface area contributed by atoms with E-state index < -0.39 is 0 Å². The van der Waals surface area contributed by atoms with E-state index in [1.807, 2.05) is 13.8 Å². The first-order chi connectivity index (χ1) is 14.6. The van der Waals surface area contributed by atoms with Gasteiger partial charge in [-0.15, -0.1) is 0 Å². The van der Waals surface area contributed by atoms with Crippen LogP contribution in [0.25, 0.3) is 0 Å². The topological polar surface area (TPSA) is 56.9 Å². The van der Waals surface area contributed by atoms with Gasteiger partial charge in [-0.2, -0.15) is 0 Å². The van der Waals surface area contributed by atoms with Crippen LogP contribution in [0.1, 0.15) is 55.3 Å². The molecule has 2 aromatic rings. The van der Waals surface area contributed by atoms with Gasteiger partial charge in [0.15, 0.2) is 5.96 Å². The Morgan fingerprint density at radius 2 is 1.87 bits per heavy atom. The number of aromatic nitrogens is 1. The highest BCUT2D eigenvalue weighted by molar-refractivity contribution is 5.80. The lowest BCUT2D eigenvalue weighted by Crippen LogP contribution is -2.53. The molecule has 0 saturated carbocycles. The smallest absolute Gasteiger partial charge is 0.194 e. The molecule has 1 aromatic heterocycles. The van der Waals surface area contributed by atoms with Crippen LogP contribution in [0.15, 0.2) is 39.8 Å². The van der Waals surface area contributed by atoms with Gasteiger partial charge in [0.25, 0.3) is 0 Å². The number of piperazine rings is 1. The van der Waals surface area contributed by atoms with Crippen LogP contribution in [0.5, 0.6) is 0 Å². The van der Waals surface area contributed by atoms with Crippen molar-refractivity contribution in [3.63, 3.8) is 0 Å². The monoisotopic (exact) mass is 411 g/mol. The molecule has 0 amide bonds. The summed E-state index contributed by atoms with van der Waals surface area (Å²) in [6, 6.07) is 11.4. The predicted octanol–water partition coefficient (Wildman–Crippen LogP) is 3.96. The van der Waals surface area contributed by atoms with Gasteiger partial charge in [0.1, 0.15) is 5.76 Å². The number of guanidine groups is 1. The molecule has 1 aliphatic rings. The summed E-state index contributed by atoms with van der Waals surface area (Å²) in [4.78, 5) is 9.93. The zero-order chi connectivity index (χ0) is 21.3. The molecule has 2 heterocycles. The third-order valence-corrected chi connectivity index (χ3v) is 5.99. The van der Waals surface area contributed by atoms with Crippen molar-refractivity contribution in [3.05, 3.63) is 52.9 Å². The van der Waals surface area contributed by atoms with Gasteiger partial charge >= 0.3 is 0 Å². The molecule has 0 bridgehead atoms. The number of aliphatic imine (C=N–C) groups is 1. The Bertz CT molecular complexity index is 774. The van der Waals surface area contributed by atoms with E-state index in [1.54, 1.807) is 0 Å². The van der Waals surface area contributed by atoms with Gasteiger partial charge in [0, 0.05) is 50.9 Å². The van der Waals surface area contributed by atoms with Crippen molar-refractivity contribution in [2.45, 2.75) is 53.0 Å². The number of nitrogens with one attached hydrogen (secondary N) is 1. The van der Waals surface area contributed by atoms with E-state index in [-0.39, 0.29) is 0 Å². The van der Waals surface area contributed by atoms with Gasteiger partial charge in [-0.1, -0.05) is 42.4 Å². The van der Waals surface area contributed by atoms with Crippen molar-refractivity contribution in [3.8, 4) is 0 Å². The number of hydrogen-bond acceptors (Lipinski definition) is 4. The Kier molecular flexibility index (Phi) is 8.31. The molecule has 1 atom stereocenters. The Labute approximate surface area is 181 Å². The van der Waals surface area contributed by atoms with E-state index in [0.717, 1.165) is 75.9 Å². The minimum Gasteiger partial charge on any atom is -0.361 e.